The number of fused-ring (bicyclic) bond motifs is 1. The molecule has 0 bridgehead atoms. The fourth-order valence-corrected chi connectivity index (χ4v) is 4.08. The van der Waals surface area contributed by atoms with E-state index in [1.807, 2.05) is 37.3 Å². The Morgan fingerprint density at radius 2 is 1.72 bits per heavy atom. The Kier molecular flexibility index (Phi) is 5.97. The molecular formula is C20H21N3O5S. The van der Waals surface area contributed by atoms with Crippen molar-refractivity contribution in [3.8, 4) is 0 Å². The minimum Gasteiger partial charge on any atom is -0.454 e. The Morgan fingerprint density at radius 3 is 2.45 bits per heavy atom. The van der Waals surface area contributed by atoms with Crippen molar-refractivity contribution in [1.29, 1.82) is 0 Å². The van der Waals surface area contributed by atoms with Gasteiger partial charge < -0.3 is 10.1 Å². The van der Waals surface area contributed by atoms with Gasteiger partial charge in [0.05, 0.1) is 10.9 Å². The topological polar surface area (TPSA) is 114 Å². The van der Waals surface area contributed by atoms with Crippen LogP contribution in [0.25, 0.3) is 0 Å². The number of hydrogen-bond donors (Lipinski definition) is 2. The molecule has 2 aromatic rings. The Bertz CT molecular complexity index is 1050. The third-order valence-electron chi connectivity index (χ3n) is 4.35. The Balaban J connectivity index is 1.57. The molecule has 0 unspecified atom stereocenters. The quantitative estimate of drug-likeness (QED) is 0.695. The number of rotatable bonds is 6. The molecule has 9 heteroatoms. The van der Waals surface area contributed by atoms with Gasteiger partial charge in [-0.2, -0.15) is 0 Å². The van der Waals surface area contributed by atoms with Gasteiger partial charge in [0.15, 0.2) is 6.61 Å². The summed E-state index contributed by atoms with van der Waals surface area (Å²) in [5, 5.41) is 2.74. The molecule has 2 atom stereocenters. The minimum absolute atomic E-state index is 0.0761. The number of sulfonamides is 1. The lowest BCUT2D eigenvalue weighted by Gasteiger charge is -2.15. The molecule has 2 aromatic carbocycles. The molecule has 2 N–H and O–H groups in total. The van der Waals surface area contributed by atoms with Crippen molar-refractivity contribution in [3.63, 3.8) is 0 Å². The predicted molar refractivity (Wildman–Crippen MR) is 107 cm³/mol. The Labute approximate surface area is 169 Å². The fourth-order valence-electron chi connectivity index (χ4n) is 2.84. The van der Waals surface area contributed by atoms with Crippen LogP contribution in [0.5, 0.6) is 0 Å². The van der Waals surface area contributed by atoms with Crippen molar-refractivity contribution in [3.05, 3.63) is 65.7 Å². The summed E-state index contributed by atoms with van der Waals surface area (Å²) in [6.07, 6.45) is 0. The van der Waals surface area contributed by atoms with E-state index in [0.29, 0.717) is 5.56 Å². The molecule has 1 aliphatic rings. The van der Waals surface area contributed by atoms with Crippen LogP contribution in [0.2, 0.25) is 0 Å². The number of nitrogens with one attached hydrogen (secondary N) is 2. The fraction of sp³-hybridized carbons (Fsp3) is 0.250. The van der Waals surface area contributed by atoms with Crippen LogP contribution in [0.3, 0.4) is 0 Å². The second kappa shape index (κ2) is 8.44. The molecule has 1 heterocycles. The van der Waals surface area contributed by atoms with Crippen LogP contribution >= 0.6 is 0 Å². The number of ether oxygens (including phenoxy) is 1. The molecule has 1 aliphatic heterocycles. The van der Waals surface area contributed by atoms with Crippen LogP contribution in [0, 0.1) is 0 Å². The van der Waals surface area contributed by atoms with Gasteiger partial charge in [0.25, 0.3) is 15.9 Å². The maximum absolute atomic E-state index is 12.2. The molecule has 152 valence electrons. The highest BCUT2D eigenvalue weighted by Crippen LogP contribution is 2.22. The van der Waals surface area contributed by atoms with Crippen LogP contribution < -0.4 is 10.0 Å². The molecule has 3 rings (SSSR count). The van der Waals surface area contributed by atoms with E-state index in [1.165, 1.54) is 13.0 Å². The van der Waals surface area contributed by atoms with Gasteiger partial charge >= 0.3 is 5.97 Å². The van der Waals surface area contributed by atoms with E-state index in [0.717, 1.165) is 5.56 Å². The predicted octanol–water partition coefficient (Wildman–Crippen LogP) is 1.53. The molecule has 0 spiro atoms. The van der Waals surface area contributed by atoms with Gasteiger partial charge in [-0.25, -0.2) is 13.2 Å². The van der Waals surface area contributed by atoms with Gasteiger partial charge in [0, 0.05) is 5.56 Å². The van der Waals surface area contributed by atoms with Gasteiger partial charge in [-0.15, -0.1) is 0 Å². The normalized spacial score (nSPS) is 17.7. The second-order valence-electron chi connectivity index (χ2n) is 6.56. The summed E-state index contributed by atoms with van der Waals surface area (Å²) in [5.74, 6) is -1.10. The van der Waals surface area contributed by atoms with Crippen molar-refractivity contribution in [2.75, 3.05) is 6.61 Å². The summed E-state index contributed by atoms with van der Waals surface area (Å²) in [6.45, 7) is 2.84. The summed E-state index contributed by atoms with van der Waals surface area (Å²) in [7, 11) is -3.69. The smallest absolute Gasteiger partial charge is 0.331 e. The average Bonchev–Trinajstić information content (AvgIpc) is 2.97. The number of benzene rings is 2. The number of carbonyl (C=O) groups is 2. The average molecular weight is 415 g/mol. The molecule has 0 aliphatic carbocycles. The van der Waals surface area contributed by atoms with Gasteiger partial charge in [-0.05, 0) is 31.5 Å². The zero-order valence-corrected chi connectivity index (χ0v) is 16.8. The summed E-state index contributed by atoms with van der Waals surface area (Å²) in [5.41, 5.74) is 1.32. The van der Waals surface area contributed by atoms with E-state index in [4.69, 9.17) is 4.74 Å². The van der Waals surface area contributed by atoms with Crippen LogP contribution in [-0.2, 0) is 24.3 Å². The SMILES string of the molecule is C[C@H](N=C1NS(=O)(=O)c2ccccc21)C(=O)OCC(=O)N[C@@H](C)c1ccccc1. The van der Waals surface area contributed by atoms with Crippen molar-refractivity contribution < 1.29 is 22.7 Å². The number of aliphatic imine (C=N–C) groups is 1. The van der Waals surface area contributed by atoms with E-state index in [9.17, 15) is 18.0 Å². The van der Waals surface area contributed by atoms with E-state index >= 15 is 0 Å². The molecular weight excluding hydrogens is 394 g/mol. The highest BCUT2D eigenvalue weighted by atomic mass is 32.2. The van der Waals surface area contributed by atoms with Crippen molar-refractivity contribution in [2.24, 2.45) is 4.99 Å². The molecule has 0 fully saturated rings. The largest absolute Gasteiger partial charge is 0.454 e. The number of amides is 1. The van der Waals surface area contributed by atoms with Crippen molar-refractivity contribution in [1.82, 2.24) is 10.0 Å². The maximum Gasteiger partial charge on any atom is 0.331 e. The Hall–Kier alpha value is -3.20. The number of esters is 1. The van der Waals surface area contributed by atoms with Gasteiger partial charge in [0.1, 0.15) is 11.9 Å². The number of carbonyl (C=O) groups excluding carboxylic acids is 2. The lowest BCUT2D eigenvalue weighted by molar-refractivity contribution is -0.149. The number of hydrogen-bond acceptors (Lipinski definition) is 6. The third kappa shape index (κ3) is 4.80. The van der Waals surface area contributed by atoms with Gasteiger partial charge in [-0.1, -0.05) is 42.5 Å². The second-order valence-corrected chi connectivity index (χ2v) is 8.21. The molecule has 1 amide bonds. The van der Waals surface area contributed by atoms with Gasteiger partial charge in [-0.3, -0.25) is 14.5 Å². The van der Waals surface area contributed by atoms with Crippen LogP contribution in [0.4, 0.5) is 0 Å². The first-order valence-corrected chi connectivity index (χ1v) is 10.5. The summed E-state index contributed by atoms with van der Waals surface area (Å²) < 4.78 is 31.5. The molecule has 0 saturated carbocycles. The number of amidine groups is 1. The van der Waals surface area contributed by atoms with E-state index < -0.39 is 34.5 Å². The van der Waals surface area contributed by atoms with Crippen molar-refractivity contribution in [2.45, 2.75) is 30.8 Å². The molecule has 0 radical (unpaired) electrons. The maximum atomic E-state index is 12.2. The zero-order chi connectivity index (χ0) is 21.0. The lowest BCUT2D eigenvalue weighted by Crippen LogP contribution is -2.33. The molecule has 0 saturated heterocycles. The molecule has 29 heavy (non-hydrogen) atoms. The van der Waals surface area contributed by atoms with Crippen LogP contribution in [-0.4, -0.2) is 38.8 Å². The third-order valence-corrected chi connectivity index (χ3v) is 5.75. The summed E-state index contributed by atoms with van der Waals surface area (Å²) in [4.78, 5) is 28.4. The van der Waals surface area contributed by atoms with Gasteiger partial charge in [0.2, 0.25) is 0 Å². The van der Waals surface area contributed by atoms with E-state index in [-0.39, 0.29) is 16.8 Å². The Morgan fingerprint density at radius 1 is 1.07 bits per heavy atom. The lowest BCUT2D eigenvalue weighted by atomic mass is 10.1. The van der Waals surface area contributed by atoms with Crippen molar-refractivity contribution >= 4 is 27.7 Å². The standard InChI is InChI=1S/C20H21N3O5S/c1-13(15-8-4-3-5-9-15)21-18(24)12-28-20(25)14(2)22-19-16-10-6-7-11-17(16)29(26,27)23-19/h3-11,13-14H,12H2,1-2H3,(H,21,24)(H,22,23)/t13-,14-/m0/s1. The first-order chi connectivity index (χ1) is 13.8. The first kappa shape index (κ1) is 20.5. The molecule has 0 aromatic heterocycles. The molecule has 8 nitrogen and oxygen atoms in total. The van der Waals surface area contributed by atoms with E-state index in [1.54, 1.807) is 18.2 Å². The highest BCUT2D eigenvalue weighted by molar-refractivity contribution is 7.90. The van der Waals surface area contributed by atoms with Crippen LogP contribution in [0.15, 0.2) is 64.5 Å². The van der Waals surface area contributed by atoms with E-state index in [2.05, 4.69) is 15.0 Å². The zero-order valence-electron chi connectivity index (χ0n) is 16.0. The van der Waals surface area contributed by atoms with Crippen LogP contribution in [0.1, 0.15) is 31.0 Å². The monoisotopic (exact) mass is 415 g/mol. The summed E-state index contributed by atoms with van der Waals surface area (Å²) in [6, 6.07) is 14.5. The number of nitrogens with zero attached hydrogens (tertiary/aromatic N) is 1. The highest BCUT2D eigenvalue weighted by Gasteiger charge is 2.31. The summed E-state index contributed by atoms with van der Waals surface area (Å²) >= 11 is 0. The first-order valence-electron chi connectivity index (χ1n) is 8.99. The minimum atomic E-state index is -3.69.